The Morgan fingerprint density at radius 3 is 2.62 bits per heavy atom. The van der Waals surface area contributed by atoms with Gasteiger partial charge in [0.2, 0.25) is 0 Å². The maximum atomic E-state index is 12.5. The minimum atomic E-state index is -0.754. The highest BCUT2D eigenvalue weighted by Gasteiger charge is 2.45. The first-order valence-electron chi connectivity index (χ1n) is 9.03. The Bertz CT molecular complexity index is 666. The molecule has 0 N–H and O–H groups in total. The van der Waals surface area contributed by atoms with Crippen molar-refractivity contribution in [2.75, 3.05) is 0 Å². The maximum Gasteiger partial charge on any atom is 0.339 e. The summed E-state index contributed by atoms with van der Waals surface area (Å²) in [5, 5.41) is 0. The van der Waals surface area contributed by atoms with Gasteiger partial charge in [-0.05, 0) is 38.3 Å². The Labute approximate surface area is 156 Å². The summed E-state index contributed by atoms with van der Waals surface area (Å²) in [4.78, 5) is 12.5. The van der Waals surface area contributed by atoms with E-state index in [1.54, 1.807) is 30.3 Å². The van der Waals surface area contributed by atoms with E-state index in [1.807, 2.05) is 19.9 Å². The van der Waals surface area contributed by atoms with Crippen LogP contribution in [0.5, 0.6) is 0 Å². The number of carbonyl (C=O) groups is 1. The fraction of sp³-hybridized carbons (Fsp3) is 0.500. The average molecular weight is 356 g/mol. The van der Waals surface area contributed by atoms with Gasteiger partial charge in [0, 0.05) is 6.42 Å². The zero-order valence-electron chi connectivity index (χ0n) is 16.0. The number of benzene rings is 1. The first-order chi connectivity index (χ1) is 12.3. The van der Waals surface area contributed by atoms with E-state index in [-0.39, 0.29) is 6.10 Å². The molecule has 1 aromatic rings. The molecule has 1 unspecified atom stereocenters. The lowest BCUT2D eigenvalue weighted by Gasteiger charge is -2.22. The van der Waals surface area contributed by atoms with Crippen LogP contribution in [0.2, 0.25) is 0 Å². The highest BCUT2D eigenvalue weighted by Crippen LogP contribution is 2.33. The molecule has 4 heteroatoms. The molecular weight excluding hydrogens is 328 g/mol. The van der Waals surface area contributed by atoms with Crippen LogP contribution in [-0.2, 0) is 14.2 Å². The minimum absolute atomic E-state index is 0.260. The van der Waals surface area contributed by atoms with Crippen molar-refractivity contribution in [3.63, 3.8) is 0 Å². The maximum absolute atomic E-state index is 12.5. The molecule has 0 spiro atoms. The second-order valence-electron chi connectivity index (χ2n) is 7.27. The summed E-state index contributed by atoms with van der Waals surface area (Å²) in [5.74, 6) is 5.48. The predicted molar refractivity (Wildman–Crippen MR) is 102 cm³/mol. The average Bonchev–Trinajstić information content (AvgIpc) is 2.89. The predicted octanol–water partition coefficient (Wildman–Crippen LogP) is 4.36. The van der Waals surface area contributed by atoms with E-state index >= 15 is 0 Å². The van der Waals surface area contributed by atoms with Gasteiger partial charge in [0.25, 0.3) is 0 Å². The number of hydrogen-bond acceptors (Lipinski definition) is 4. The van der Waals surface area contributed by atoms with Crippen LogP contribution in [0.3, 0.4) is 0 Å². The van der Waals surface area contributed by atoms with Gasteiger partial charge in [0.15, 0.2) is 11.9 Å². The molecular formula is C22H28O4. The first-order valence-corrected chi connectivity index (χ1v) is 9.03. The van der Waals surface area contributed by atoms with Gasteiger partial charge < -0.3 is 14.2 Å². The van der Waals surface area contributed by atoms with E-state index in [2.05, 4.69) is 32.3 Å². The highest BCUT2D eigenvalue weighted by atomic mass is 16.8. The van der Waals surface area contributed by atoms with Crippen LogP contribution < -0.4 is 0 Å². The Morgan fingerprint density at radius 1 is 1.31 bits per heavy atom. The zero-order chi connectivity index (χ0) is 19.2. The van der Waals surface area contributed by atoms with Crippen LogP contribution in [-0.4, -0.2) is 30.1 Å². The van der Waals surface area contributed by atoms with Crippen LogP contribution in [0.1, 0.15) is 50.9 Å². The molecule has 0 saturated carbocycles. The SMILES string of the molecule is C=CC[C@@H]1OC(C)(C)O[C@@H]1C(C#CCC(C)C)OC(=O)c1ccccc1. The quantitative estimate of drug-likeness (QED) is 0.432. The lowest BCUT2D eigenvalue weighted by molar-refractivity contribution is -0.152. The Hall–Kier alpha value is -2.09. The Morgan fingerprint density at radius 2 is 2.00 bits per heavy atom. The van der Waals surface area contributed by atoms with Gasteiger partial charge >= 0.3 is 5.97 Å². The van der Waals surface area contributed by atoms with Crippen molar-refractivity contribution in [1.29, 1.82) is 0 Å². The third kappa shape index (κ3) is 5.72. The van der Waals surface area contributed by atoms with Crippen molar-refractivity contribution in [2.45, 2.75) is 64.6 Å². The molecule has 0 amide bonds. The van der Waals surface area contributed by atoms with E-state index in [0.29, 0.717) is 17.9 Å². The van der Waals surface area contributed by atoms with Crippen LogP contribution in [0.15, 0.2) is 43.0 Å². The molecule has 0 aliphatic carbocycles. The van der Waals surface area contributed by atoms with Gasteiger partial charge in [-0.3, -0.25) is 0 Å². The third-order valence-electron chi connectivity index (χ3n) is 3.92. The van der Waals surface area contributed by atoms with Crippen molar-refractivity contribution < 1.29 is 19.0 Å². The van der Waals surface area contributed by atoms with Crippen LogP contribution in [0, 0.1) is 17.8 Å². The molecule has 1 fully saturated rings. The number of carbonyl (C=O) groups excluding carboxylic acids is 1. The lowest BCUT2D eigenvalue weighted by Crippen LogP contribution is -2.38. The molecule has 1 aliphatic heterocycles. The van der Waals surface area contributed by atoms with Gasteiger partial charge in [-0.25, -0.2) is 4.79 Å². The molecule has 0 radical (unpaired) electrons. The van der Waals surface area contributed by atoms with Crippen LogP contribution >= 0.6 is 0 Å². The van der Waals surface area contributed by atoms with Crippen molar-refractivity contribution in [1.82, 2.24) is 0 Å². The molecule has 1 aromatic carbocycles. The van der Waals surface area contributed by atoms with E-state index in [9.17, 15) is 4.79 Å². The van der Waals surface area contributed by atoms with Crippen LogP contribution in [0.4, 0.5) is 0 Å². The largest absolute Gasteiger partial charge is 0.443 e. The van der Waals surface area contributed by atoms with E-state index in [4.69, 9.17) is 14.2 Å². The summed E-state index contributed by atoms with van der Waals surface area (Å²) >= 11 is 0. The summed E-state index contributed by atoms with van der Waals surface area (Å²) < 4.78 is 17.7. The van der Waals surface area contributed by atoms with E-state index < -0.39 is 24.0 Å². The van der Waals surface area contributed by atoms with Gasteiger partial charge in [-0.1, -0.05) is 50.0 Å². The van der Waals surface area contributed by atoms with Crippen molar-refractivity contribution in [3.8, 4) is 11.8 Å². The Kier molecular flexibility index (Phi) is 7.02. The van der Waals surface area contributed by atoms with Crippen LogP contribution in [0.25, 0.3) is 0 Å². The zero-order valence-corrected chi connectivity index (χ0v) is 16.0. The molecule has 0 bridgehead atoms. The van der Waals surface area contributed by atoms with E-state index in [1.165, 1.54) is 0 Å². The fourth-order valence-electron chi connectivity index (χ4n) is 2.77. The van der Waals surface area contributed by atoms with Gasteiger partial charge in [-0.2, -0.15) is 0 Å². The monoisotopic (exact) mass is 356 g/mol. The summed E-state index contributed by atoms with van der Waals surface area (Å²) in [7, 11) is 0. The van der Waals surface area contributed by atoms with Crippen molar-refractivity contribution in [3.05, 3.63) is 48.6 Å². The normalized spacial score (nSPS) is 22.3. The van der Waals surface area contributed by atoms with Gasteiger partial charge in [0.1, 0.15) is 6.10 Å². The summed E-state index contributed by atoms with van der Waals surface area (Å²) in [6, 6.07) is 8.90. The number of esters is 1. The standard InChI is InChI=1S/C22H28O4/c1-6-11-19-20(26-22(4,5)25-19)18(15-10-12-16(2)3)24-21(23)17-13-8-7-9-14-17/h6-9,13-14,16,18-20H,1,11-12H2,2-5H3/t18?,19-,20+/m0/s1. The number of ether oxygens (including phenoxy) is 3. The van der Waals surface area contributed by atoms with Crippen molar-refractivity contribution in [2.24, 2.45) is 5.92 Å². The molecule has 26 heavy (non-hydrogen) atoms. The molecule has 1 aliphatic rings. The van der Waals surface area contributed by atoms with E-state index in [0.717, 1.165) is 6.42 Å². The highest BCUT2D eigenvalue weighted by molar-refractivity contribution is 5.89. The number of hydrogen-bond donors (Lipinski definition) is 0. The van der Waals surface area contributed by atoms with Crippen molar-refractivity contribution >= 4 is 5.97 Å². The summed E-state index contributed by atoms with van der Waals surface area (Å²) in [6.45, 7) is 11.7. The first kappa shape index (κ1) is 20.2. The molecule has 140 valence electrons. The molecule has 1 heterocycles. The lowest BCUT2D eigenvalue weighted by atomic mass is 10.0. The topological polar surface area (TPSA) is 44.8 Å². The molecule has 2 rings (SSSR count). The molecule has 1 saturated heterocycles. The minimum Gasteiger partial charge on any atom is -0.443 e. The molecule has 0 aromatic heterocycles. The Balaban J connectivity index is 2.23. The second-order valence-corrected chi connectivity index (χ2v) is 7.27. The smallest absolute Gasteiger partial charge is 0.339 e. The molecule has 3 atom stereocenters. The summed E-state index contributed by atoms with van der Waals surface area (Å²) in [6.07, 6.45) is 1.68. The number of rotatable bonds is 6. The molecule has 4 nitrogen and oxygen atoms in total. The second kappa shape index (κ2) is 9.02. The van der Waals surface area contributed by atoms with Gasteiger partial charge in [-0.15, -0.1) is 6.58 Å². The summed E-state index contributed by atoms with van der Waals surface area (Å²) in [5.41, 5.74) is 0.488. The third-order valence-corrected chi connectivity index (χ3v) is 3.92. The fourth-order valence-corrected chi connectivity index (χ4v) is 2.77. The van der Waals surface area contributed by atoms with Gasteiger partial charge in [0.05, 0.1) is 11.7 Å².